The average molecular weight is 443 g/mol. The van der Waals surface area contributed by atoms with E-state index < -0.39 is 7.26 Å². The predicted molar refractivity (Wildman–Crippen MR) is 110 cm³/mol. The van der Waals surface area contributed by atoms with Crippen LogP contribution in [0, 0.1) is 0 Å². The van der Waals surface area contributed by atoms with Gasteiger partial charge in [-0.15, -0.1) is 0 Å². The van der Waals surface area contributed by atoms with E-state index in [-0.39, 0.29) is 28.9 Å². The molecule has 0 aromatic heterocycles. The summed E-state index contributed by atoms with van der Waals surface area (Å²) < 4.78 is 12.0. The van der Waals surface area contributed by atoms with Crippen molar-refractivity contribution in [2.45, 2.75) is 18.9 Å². The molecule has 1 atom stereocenters. The van der Waals surface area contributed by atoms with E-state index in [0.29, 0.717) is 13.2 Å². The molecule has 0 saturated carbocycles. The van der Waals surface area contributed by atoms with Gasteiger partial charge in [-0.3, -0.25) is 0 Å². The number of rotatable bonds is 5. The molecule has 1 fully saturated rings. The zero-order valence-electron chi connectivity index (χ0n) is 15.4. The molecular formula is C23H24BrO2P. The van der Waals surface area contributed by atoms with Crippen LogP contribution in [0.1, 0.15) is 6.92 Å². The first-order valence-corrected chi connectivity index (χ1v) is 11.0. The smallest absolute Gasteiger partial charge is 0.195 e. The van der Waals surface area contributed by atoms with Crippen LogP contribution < -0.4 is 32.9 Å². The van der Waals surface area contributed by atoms with Crippen LogP contribution in [0.15, 0.2) is 91.0 Å². The lowest BCUT2D eigenvalue weighted by Crippen LogP contribution is -3.00. The van der Waals surface area contributed by atoms with Crippen LogP contribution in [0.4, 0.5) is 0 Å². The molecule has 3 aromatic carbocycles. The highest BCUT2D eigenvalue weighted by Gasteiger charge is 2.54. The highest BCUT2D eigenvalue weighted by Crippen LogP contribution is 2.61. The largest absolute Gasteiger partial charge is 1.00 e. The third-order valence-corrected chi connectivity index (χ3v) is 9.95. The van der Waals surface area contributed by atoms with Crippen molar-refractivity contribution >= 4 is 23.2 Å². The molecular weight excluding hydrogens is 419 g/mol. The molecule has 0 bridgehead atoms. The minimum absolute atomic E-state index is 0. The molecule has 0 radical (unpaired) electrons. The van der Waals surface area contributed by atoms with Gasteiger partial charge >= 0.3 is 0 Å². The molecule has 27 heavy (non-hydrogen) atoms. The first-order chi connectivity index (χ1) is 12.8. The van der Waals surface area contributed by atoms with Crippen LogP contribution in [-0.4, -0.2) is 25.2 Å². The van der Waals surface area contributed by atoms with Gasteiger partial charge in [0.25, 0.3) is 0 Å². The molecule has 1 aliphatic rings. The van der Waals surface area contributed by atoms with Crippen LogP contribution in [0.5, 0.6) is 0 Å². The Kier molecular flexibility index (Phi) is 6.83. The summed E-state index contributed by atoms with van der Waals surface area (Å²) in [7, 11) is -1.94. The summed E-state index contributed by atoms with van der Waals surface area (Å²) in [5, 5.41) is 4.09. The van der Waals surface area contributed by atoms with Gasteiger partial charge in [0.2, 0.25) is 0 Å². The highest BCUT2D eigenvalue weighted by molar-refractivity contribution is 7.96. The van der Waals surface area contributed by atoms with E-state index in [4.69, 9.17) is 9.47 Å². The van der Waals surface area contributed by atoms with Crippen LogP contribution in [0.25, 0.3) is 0 Å². The van der Waals surface area contributed by atoms with Gasteiger partial charge in [-0.1, -0.05) is 54.6 Å². The Bertz CT molecular complexity index is 724. The summed E-state index contributed by atoms with van der Waals surface area (Å²) in [6, 6.07) is 32.7. The number of hydrogen-bond donors (Lipinski definition) is 0. The Morgan fingerprint density at radius 3 is 1.33 bits per heavy atom. The second kappa shape index (κ2) is 9.12. The molecule has 4 rings (SSSR count). The monoisotopic (exact) mass is 442 g/mol. The number of ether oxygens (including phenoxy) is 2. The molecule has 4 heteroatoms. The fourth-order valence-corrected chi connectivity index (χ4v) is 8.75. The maximum Gasteiger partial charge on any atom is 0.195 e. The van der Waals surface area contributed by atoms with Crippen molar-refractivity contribution in [1.29, 1.82) is 0 Å². The molecule has 1 saturated heterocycles. The van der Waals surface area contributed by atoms with E-state index in [1.807, 2.05) is 0 Å². The standard InChI is InChI=1S/C23H24O2P.BrH/c1-19(23-24-17-18-25-23)26(20-11-5-2-6-12-20,21-13-7-3-8-14-21)22-15-9-4-10-16-22;/h2-16,19,23H,17-18H2,1H3;1H/q+1;/p-1. The van der Waals surface area contributed by atoms with Gasteiger partial charge in [-0.25, -0.2) is 0 Å². The van der Waals surface area contributed by atoms with E-state index >= 15 is 0 Å². The van der Waals surface area contributed by atoms with Crippen molar-refractivity contribution in [1.82, 2.24) is 0 Å². The van der Waals surface area contributed by atoms with Crippen molar-refractivity contribution in [3.05, 3.63) is 91.0 Å². The van der Waals surface area contributed by atoms with Crippen LogP contribution in [0.2, 0.25) is 0 Å². The van der Waals surface area contributed by atoms with E-state index in [9.17, 15) is 0 Å². The van der Waals surface area contributed by atoms with Crippen molar-refractivity contribution in [2.24, 2.45) is 0 Å². The maximum atomic E-state index is 5.99. The average Bonchev–Trinajstić information content (AvgIpc) is 3.26. The summed E-state index contributed by atoms with van der Waals surface area (Å²) >= 11 is 0. The summed E-state index contributed by atoms with van der Waals surface area (Å²) in [5.41, 5.74) is 0.220. The van der Waals surface area contributed by atoms with Gasteiger partial charge in [0, 0.05) is 0 Å². The van der Waals surface area contributed by atoms with Crippen molar-refractivity contribution in [2.75, 3.05) is 13.2 Å². The fourth-order valence-electron chi connectivity index (χ4n) is 3.98. The molecule has 0 N–H and O–H groups in total. The number of hydrogen-bond acceptors (Lipinski definition) is 2. The molecule has 3 aromatic rings. The van der Waals surface area contributed by atoms with Gasteiger partial charge in [-0.05, 0) is 43.3 Å². The highest BCUT2D eigenvalue weighted by atomic mass is 79.9. The molecule has 1 unspecified atom stereocenters. The molecule has 0 spiro atoms. The first-order valence-electron chi connectivity index (χ1n) is 9.12. The Morgan fingerprint density at radius 2 is 1.00 bits per heavy atom. The lowest BCUT2D eigenvalue weighted by molar-refractivity contribution is -0.0397. The third kappa shape index (κ3) is 3.75. The second-order valence-corrected chi connectivity index (χ2v) is 10.4. The topological polar surface area (TPSA) is 18.5 Å². The summed E-state index contributed by atoms with van der Waals surface area (Å²) in [4.78, 5) is 0. The van der Waals surface area contributed by atoms with Crippen LogP contribution in [-0.2, 0) is 9.47 Å². The molecule has 0 aliphatic carbocycles. The quantitative estimate of drug-likeness (QED) is 0.542. The van der Waals surface area contributed by atoms with Gasteiger partial charge in [0.1, 0.15) is 28.8 Å². The van der Waals surface area contributed by atoms with E-state index in [1.54, 1.807) is 0 Å². The van der Waals surface area contributed by atoms with Gasteiger partial charge < -0.3 is 26.5 Å². The van der Waals surface area contributed by atoms with Crippen molar-refractivity contribution in [3.8, 4) is 0 Å². The minimum Gasteiger partial charge on any atom is -1.00 e. The molecule has 140 valence electrons. The molecule has 1 aliphatic heterocycles. The fraction of sp³-hybridized carbons (Fsp3) is 0.217. The van der Waals surface area contributed by atoms with Gasteiger partial charge in [-0.2, -0.15) is 0 Å². The normalized spacial score (nSPS) is 15.9. The third-order valence-electron chi connectivity index (χ3n) is 5.14. The van der Waals surface area contributed by atoms with E-state index in [0.717, 1.165) is 0 Å². The lowest BCUT2D eigenvalue weighted by atomic mass is 10.3. The molecule has 0 amide bonds. The van der Waals surface area contributed by atoms with Crippen LogP contribution >= 0.6 is 7.26 Å². The zero-order valence-corrected chi connectivity index (χ0v) is 17.9. The lowest BCUT2D eigenvalue weighted by Gasteiger charge is -2.34. The van der Waals surface area contributed by atoms with E-state index in [1.165, 1.54) is 15.9 Å². The Labute approximate surface area is 172 Å². The van der Waals surface area contributed by atoms with Gasteiger partial charge in [0.15, 0.2) is 6.29 Å². The Balaban J connectivity index is 0.00000210. The SMILES string of the molecule is CC(C1OCCO1)[P+](c1ccccc1)(c1ccccc1)c1ccccc1.[Br-]. The zero-order chi connectivity index (χ0) is 17.8. The summed E-state index contributed by atoms with van der Waals surface area (Å²) in [6.45, 7) is 3.64. The minimum atomic E-state index is -1.94. The van der Waals surface area contributed by atoms with Crippen LogP contribution in [0.3, 0.4) is 0 Å². The van der Waals surface area contributed by atoms with Crippen molar-refractivity contribution in [3.63, 3.8) is 0 Å². The number of halogens is 1. The predicted octanol–water partition coefficient (Wildman–Crippen LogP) is 0.746. The second-order valence-electron chi connectivity index (χ2n) is 6.58. The summed E-state index contributed by atoms with van der Waals surface area (Å²) in [6.07, 6.45) is -0.177. The summed E-state index contributed by atoms with van der Waals surface area (Å²) in [5.74, 6) is 0. The number of benzene rings is 3. The molecule has 1 heterocycles. The maximum absolute atomic E-state index is 5.99. The van der Waals surface area contributed by atoms with E-state index in [2.05, 4.69) is 97.9 Å². The first kappa shape index (κ1) is 20.2. The Morgan fingerprint density at radius 1 is 0.667 bits per heavy atom. The Hall–Kier alpha value is -1.51. The van der Waals surface area contributed by atoms with Crippen molar-refractivity contribution < 1.29 is 26.5 Å². The van der Waals surface area contributed by atoms with Gasteiger partial charge in [0.05, 0.1) is 13.2 Å². The molecule has 2 nitrogen and oxygen atoms in total.